The SMILES string of the molecule is CC(C)c1cc(C(C)C)c(S(=O)C[C@H]2CCCCN2C)c(C(C)C)c1. The van der Waals surface area contributed by atoms with Crippen LogP contribution in [-0.4, -0.2) is 34.5 Å². The van der Waals surface area contributed by atoms with Crippen LogP contribution in [-0.2, 0) is 10.8 Å². The Morgan fingerprint density at radius 2 is 1.56 bits per heavy atom. The lowest BCUT2D eigenvalue weighted by molar-refractivity contribution is 0.203. The summed E-state index contributed by atoms with van der Waals surface area (Å²) in [5.41, 5.74) is 3.97. The van der Waals surface area contributed by atoms with Crippen LogP contribution in [0, 0.1) is 0 Å². The fourth-order valence-corrected chi connectivity index (χ4v) is 5.82. The van der Waals surface area contributed by atoms with Crippen molar-refractivity contribution in [1.82, 2.24) is 4.90 Å². The van der Waals surface area contributed by atoms with Gasteiger partial charge in [0.15, 0.2) is 0 Å². The Labute approximate surface area is 157 Å². The normalized spacial score (nSPS) is 20.6. The van der Waals surface area contributed by atoms with Crippen molar-refractivity contribution in [3.63, 3.8) is 0 Å². The molecule has 0 N–H and O–H groups in total. The first kappa shape index (κ1) is 20.6. The molecule has 1 saturated heterocycles. The van der Waals surface area contributed by atoms with Crippen LogP contribution < -0.4 is 0 Å². The van der Waals surface area contributed by atoms with Crippen LogP contribution in [0.1, 0.15) is 95.2 Å². The molecular weight excluding hydrogens is 326 g/mol. The molecule has 1 aliphatic heterocycles. The molecule has 2 rings (SSSR count). The number of piperidine rings is 1. The van der Waals surface area contributed by atoms with Gasteiger partial charge in [0.2, 0.25) is 0 Å². The van der Waals surface area contributed by atoms with Gasteiger partial charge in [-0.25, -0.2) is 0 Å². The van der Waals surface area contributed by atoms with E-state index in [2.05, 4.69) is 65.6 Å². The molecule has 1 aromatic rings. The Balaban J connectivity index is 2.44. The summed E-state index contributed by atoms with van der Waals surface area (Å²) in [6, 6.07) is 5.09. The summed E-state index contributed by atoms with van der Waals surface area (Å²) < 4.78 is 13.5. The average molecular weight is 364 g/mol. The number of benzene rings is 1. The molecule has 3 heteroatoms. The highest BCUT2D eigenvalue weighted by atomic mass is 32.2. The lowest BCUT2D eigenvalue weighted by atomic mass is 9.89. The van der Waals surface area contributed by atoms with Crippen molar-refractivity contribution in [3.05, 3.63) is 28.8 Å². The molecule has 0 spiro atoms. The minimum atomic E-state index is -0.929. The second-order valence-corrected chi connectivity index (χ2v) is 10.1. The molecule has 1 heterocycles. The molecule has 142 valence electrons. The molecule has 0 saturated carbocycles. The molecule has 25 heavy (non-hydrogen) atoms. The Hall–Kier alpha value is -0.670. The van der Waals surface area contributed by atoms with Gasteiger partial charge in [-0.05, 0) is 60.9 Å². The van der Waals surface area contributed by atoms with Crippen molar-refractivity contribution in [1.29, 1.82) is 0 Å². The van der Waals surface area contributed by atoms with Gasteiger partial charge in [-0.3, -0.25) is 4.21 Å². The molecule has 1 aromatic carbocycles. The Morgan fingerprint density at radius 1 is 1.00 bits per heavy atom. The van der Waals surface area contributed by atoms with Gasteiger partial charge < -0.3 is 4.90 Å². The van der Waals surface area contributed by atoms with Gasteiger partial charge in [-0.2, -0.15) is 0 Å². The molecule has 1 fully saturated rings. The van der Waals surface area contributed by atoms with E-state index in [4.69, 9.17) is 0 Å². The van der Waals surface area contributed by atoms with Crippen molar-refractivity contribution >= 4 is 10.8 Å². The Morgan fingerprint density at radius 3 is 2.00 bits per heavy atom. The van der Waals surface area contributed by atoms with Crippen molar-refractivity contribution in [3.8, 4) is 0 Å². The van der Waals surface area contributed by atoms with Gasteiger partial charge in [-0.1, -0.05) is 60.1 Å². The lowest BCUT2D eigenvalue weighted by Crippen LogP contribution is -2.40. The molecule has 2 nitrogen and oxygen atoms in total. The molecule has 2 atom stereocenters. The predicted octanol–water partition coefficient (Wildman–Crippen LogP) is 5.65. The fourth-order valence-electron chi connectivity index (χ4n) is 3.77. The van der Waals surface area contributed by atoms with Crippen molar-refractivity contribution in [2.45, 2.75) is 89.5 Å². The summed E-state index contributed by atoms with van der Waals surface area (Å²) in [6.45, 7) is 14.6. The highest BCUT2D eigenvalue weighted by Crippen LogP contribution is 2.35. The first-order valence-electron chi connectivity index (χ1n) is 9.98. The summed E-state index contributed by atoms with van der Waals surface area (Å²) in [5.74, 6) is 2.08. The molecular formula is C22H37NOS. The fraction of sp³-hybridized carbons (Fsp3) is 0.727. The third kappa shape index (κ3) is 4.95. The third-order valence-corrected chi connectivity index (χ3v) is 7.19. The summed E-state index contributed by atoms with van der Waals surface area (Å²) in [4.78, 5) is 3.54. The van der Waals surface area contributed by atoms with Crippen LogP contribution in [0.25, 0.3) is 0 Å². The van der Waals surface area contributed by atoms with Crippen LogP contribution in [0.15, 0.2) is 17.0 Å². The van der Waals surface area contributed by atoms with Gasteiger partial charge in [0, 0.05) is 16.7 Å². The third-order valence-electron chi connectivity index (χ3n) is 5.57. The number of nitrogens with zero attached hydrogens (tertiary/aromatic N) is 1. The second kappa shape index (κ2) is 8.81. The van der Waals surface area contributed by atoms with E-state index in [9.17, 15) is 4.21 Å². The number of likely N-dealkylation sites (tertiary alicyclic amines) is 1. The van der Waals surface area contributed by atoms with Crippen molar-refractivity contribution in [2.75, 3.05) is 19.3 Å². The standard InChI is InChI=1S/C22H37NOS/c1-15(2)18-12-20(16(3)4)22(21(13-18)17(5)6)25(24)14-19-10-8-9-11-23(19)7/h12-13,15-17,19H,8-11,14H2,1-7H3/t19-,25?/m1/s1. The van der Waals surface area contributed by atoms with E-state index in [0.29, 0.717) is 23.8 Å². The molecule has 1 aliphatic rings. The van der Waals surface area contributed by atoms with E-state index in [0.717, 1.165) is 17.2 Å². The zero-order valence-corrected chi connectivity index (χ0v) is 18.1. The summed E-state index contributed by atoms with van der Waals surface area (Å²) >= 11 is 0. The summed E-state index contributed by atoms with van der Waals surface area (Å²) in [6.07, 6.45) is 3.73. The maximum Gasteiger partial charge on any atom is 0.0551 e. The molecule has 0 radical (unpaired) electrons. The van der Waals surface area contributed by atoms with E-state index in [1.807, 2.05) is 0 Å². The number of rotatable bonds is 6. The predicted molar refractivity (Wildman–Crippen MR) is 110 cm³/mol. The minimum Gasteiger partial charge on any atom is -0.302 e. The summed E-state index contributed by atoms with van der Waals surface area (Å²) in [7, 11) is 1.26. The monoisotopic (exact) mass is 363 g/mol. The molecule has 0 amide bonds. The average Bonchev–Trinajstić information content (AvgIpc) is 2.55. The molecule has 1 unspecified atom stereocenters. The van der Waals surface area contributed by atoms with Crippen LogP contribution in [0.5, 0.6) is 0 Å². The van der Waals surface area contributed by atoms with Crippen LogP contribution in [0.2, 0.25) is 0 Å². The van der Waals surface area contributed by atoms with Gasteiger partial charge in [0.05, 0.1) is 10.8 Å². The van der Waals surface area contributed by atoms with E-state index in [1.54, 1.807) is 0 Å². The van der Waals surface area contributed by atoms with Crippen LogP contribution in [0.4, 0.5) is 0 Å². The smallest absolute Gasteiger partial charge is 0.0551 e. The van der Waals surface area contributed by atoms with E-state index >= 15 is 0 Å². The minimum absolute atomic E-state index is 0.402. The first-order valence-corrected chi connectivity index (χ1v) is 11.3. The van der Waals surface area contributed by atoms with Crippen molar-refractivity contribution in [2.24, 2.45) is 0 Å². The summed E-state index contributed by atoms with van der Waals surface area (Å²) in [5, 5.41) is 0. The second-order valence-electron chi connectivity index (χ2n) is 8.63. The van der Waals surface area contributed by atoms with E-state index < -0.39 is 10.8 Å². The zero-order valence-electron chi connectivity index (χ0n) is 17.3. The lowest BCUT2D eigenvalue weighted by Gasteiger charge is -2.32. The molecule has 0 aliphatic carbocycles. The highest BCUT2D eigenvalue weighted by molar-refractivity contribution is 7.85. The van der Waals surface area contributed by atoms with Gasteiger partial charge in [0.25, 0.3) is 0 Å². The number of hydrogen-bond donors (Lipinski definition) is 0. The van der Waals surface area contributed by atoms with Crippen molar-refractivity contribution < 1.29 is 4.21 Å². The van der Waals surface area contributed by atoms with E-state index in [1.165, 1.54) is 36.0 Å². The molecule has 0 aromatic heterocycles. The maximum absolute atomic E-state index is 13.5. The first-order chi connectivity index (χ1) is 11.7. The zero-order chi connectivity index (χ0) is 18.7. The molecule has 0 bridgehead atoms. The Bertz CT molecular complexity index is 577. The van der Waals surface area contributed by atoms with Crippen LogP contribution in [0.3, 0.4) is 0 Å². The topological polar surface area (TPSA) is 20.3 Å². The van der Waals surface area contributed by atoms with Gasteiger partial charge in [-0.15, -0.1) is 0 Å². The number of hydrogen-bond acceptors (Lipinski definition) is 2. The highest BCUT2D eigenvalue weighted by Gasteiger charge is 2.26. The van der Waals surface area contributed by atoms with Crippen LogP contribution >= 0.6 is 0 Å². The quantitative estimate of drug-likeness (QED) is 0.651. The maximum atomic E-state index is 13.5. The Kier molecular flexibility index (Phi) is 7.28. The largest absolute Gasteiger partial charge is 0.302 e. The van der Waals surface area contributed by atoms with E-state index in [-0.39, 0.29) is 0 Å². The van der Waals surface area contributed by atoms with Gasteiger partial charge >= 0.3 is 0 Å². The van der Waals surface area contributed by atoms with Gasteiger partial charge in [0.1, 0.15) is 0 Å².